The summed E-state index contributed by atoms with van der Waals surface area (Å²) in [5.74, 6) is -0.0281. The highest BCUT2D eigenvalue weighted by atomic mass is 35.5. The van der Waals surface area contributed by atoms with E-state index in [2.05, 4.69) is 30.1 Å². The fraction of sp³-hybridized carbons (Fsp3) is 0.400. The van der Waals surface area contributed by atoms with E-state index in [-0.39, 0.29) is 18.3 Å². The van der Waals surface area contributed by atoms with Crippen molar-refractivity contribution in [1.29, 1.82) is 5.26 Å². The van der Waals surface area contributed by atoms with Gasteiger partial charge < -0.3 is 5.32 Å². The quantitative estimate of drug-likeness (QED) is 0.825. The largest absolute Gasteiger partial charge is 0.317 e. The van der Waals surface area contributed by atoms with Crippen molar-refractivity contribution < 1.29 is 4.79 Å². The Morgan fingerprint density at radius 3 is 2.73 bits per heavy atom. The van der Waals surface area contributed by atoms with Crippen LogP contribution in [0, 0.1) is 11.3 Å². The molecule has 1 N–H and O–H groups in total. The van der Waals surface area contributed by atoms with Gasteiger partial charge in [-0.1, -0.05) is 30.3 Å². The molecule has 0 unspecified atom stereocenters. The van der Waals surface area contributed by atoms with E-state index in [0.29, 0.717) is 24.4 Å². The van der Waals surface area contributed by atoms with Crippen LogP contribution >= 0.6 is 23.7 Å². The minimum atomic E-state index is -0.0281. The lowest BCUT2D eigenvalue weighted by Crippen LogP contribution is -2.35. The molecule has 0 atom stereocenters. The average molecular weight is 390 g/mol. The molecule has 6 heteroatoms. The van der Waals surface area contributed by atoms with E-state index < -0.39 is 0 Å². The van der Waals surface area contributed by atoms with Crippen molar-refractivity contribution in [3.8, 4) is 6.07 Å². The molecule has 0 aliphatic carbocycles. The minimum Gasteiger partial charge on any atom is -0.317 e. The lowest BCUT2D eigenvalue weighted by molar-refractivity contribution is -0.116. The maximum Gasteiger partial charge on any atom is 0.225 e. The standard InChI is InChI=1S/C20H23N3OS.ClH/c1-14(2)23-11-10-16-17(12-21)20(25-18(16)13-23)22-19(24)9-8-15-6-4-3-5-7-15;/h3-7,14H,8-11,13H2,1-2H3,(H,22,24);1H. The van der Waals surface area contributed by atoms with Crippen molar-refractivity contribution in [2.24, 2.45) is 0 Å². The molecular formula is C20H24ClN3OS. The number of fused-ring (bicyclic) bond motifs is 1. The Bertz CT molecular complexity index is 795. The van der Waals surface area contributed by atoms with Crippen molar-refractivity contribution in [3.05, 3.63) is 51.9 Å². The number of thiophene rings is 1. The van der Waals surface area contributed by atoms with E-state index in [1.807, 2.05) is 30.3 Å². The van der Waals surface area contributed by atoms with Crippen molar-refractivity contribution >= 4 is 34.7 Å². The third-order valence-corrected chi connectivity index (χ3v) is 5.80. The van der Waals surface area contributed by atoms with E-state index in [9.17, 15) is 10.1 Å². The molecule has 26 heavy (non-hydrogen) atoms. The fourth-order valence-corrected chi connectivity index (χ4v) is 4.40. The Balaban J connectivity index is 0.00000243. The highest BCUT2D eigenvalue weighted by Gasteiger charge is 2.26. The van der Waals surface area contributed by atoms with Crippen LogP contribution in [0.3, 0.4) is 0 Å². The van der Waals surface area contributed by atoms with Crippen LogP contribution in [0.1, 0.15) is 41.8 Å². The van der Waals surface area contributed by atoms with Gasteiger partial charge in [0.05, 0.1) is 5.56 Å². The summed E-state index contributed by atoms with van der Waals surface area (Å²) in [5.41, 5.74) is 2.94. The highest BCUT2D eigenvalue weighted by Crippen LogP contribution is 2.37. The summed E-state index contributed by atoms with van der Waals surface area (Å²) in [5, 5.41) is 13.2. The summed E-state index contributed by atoms with van der Waals surface area (Å²) < 4.78 is 0. The summed E-state index contributed by atoms with van der Waals surface area (Å²) >= 11 is 1.56. The molecule has 0 radical (unpaired) electrons. The zero-order valence-corrected chi connectivity index (χ0v) is 16.8. The second-order valence-corrected chi connectivity index (χ2v) is 7.77. The van der Waals surface area contributed by atoms with Crippen LogP contribution in [0.25, 0.3) is 0 Å². The molecule has 2 aromatic rings. The number of nitriles is 1. The van der Waals surface area contributed by atoms with Crippen molar-refractivity contribution in [3.63, 3.8) is 0 Å². The van der Waals surface area contributed by atoms with E-state index in [1.54, 1.807) is 11.3 Å². The molecular weight excluding hydrogens is 366 g/mol. The van der Waals surface area contributed by atoms with Gasteiger partial charge >= 0.3 is 0 Å². The molecule has 0 saturated carbocycles. The zero-order valence-electron chi connectivity index (χ0n) is 15.1. The third-order valence-electron chi connectivity index (χ3n) is 4.67. The first kappa shape index (κ1) is 20.4. The van der Waals surface area contributed by atoms with Gasteiger partial charge in [-0.05, 0) is 37.8 Å². The minimum absolute atomic E-state index is 0. The van der Waals surface area contributed by atoms with Gasteiger partial charge in [0.2, 0.25) is 5.91 Å². The van der Waals surface area contributed by atoms with Crippen LogP contribution in [0.5, 0.6) is 0 Å². The van der Waals surface area contributed by atoms with Gasteiger partial charge in [-0.2, -0.15) is 5.26 Å². The smallest absolute Gasteiger partial charge is 0.225 e. The molecule has 1 amide bonds. The third kappa shape index (κ3) is 4.64. The topological polar surface area (TPSA) is 56.1 Å². The molecule has 0 saturated heterocycles. The molecule has 1 aliphatic rings. The van der Waals surface area contributed by atoms with E-state index >= 15 is 0 Å². The number of carbonyl (C=O) groups excluding carboxylic acids is 1. The Kier molecular flexibility index (Phi) is 7.22. The summed E-state index contributed by atoms with van der Waals surface area (Å²) in [7, 11) is 0. The molecule has 4 nitrogen and oxygen atoms in total. The van der Waals surface area contributed by atoms with E-state index in [0.717, 1.165) is 35.6 Å². The van der Waals surface area contributed by atoms with Gasteiger partial charge in [0, 0.05) is 30.4 Å². The normalized spacial score (nSPS) is 13.6. The molecule has 3 rings (SSSR count). The summed E-state index contributed by atoms with van der Waals surface area (Å²) in [6, 6.07) is 12.8. The highest BCUT2D eigenvalue weighted by molar-refractivity contribution is 7.16. The van der Waals surface area contributed by atoms with Crippen LogP contribution in [0.4, 0.5) is 5.00 Å². The number of amides is 1. The summed E-state index contributed by atoms with van der Waals surface area (Å²) in [6.45, 7) is 6.22. The van der Waals surface area contributed by atoms with Crippen LogP contribution in [-0.2, 0) is 24.2 Å². The maximum atomic E-state index is 12.3. The van der Waals surface area contributed by atoms with Crippen LogP contribution in [0.2, 0.25) is 0 Å². The predicted octanol–water partition coefficient (Wildman–Crippen LogP) is 4.38. The van der Waals surface area contributed by atoms with E-state index in [4.69, 9.17) is 0 Å². The van der Waals surface area contributed by atoms with Gasteiger partial charge in [-0.25, -0.2) is 0 Å². The predicted molar refractivity (Wildman–Crippen MR) is 109 cm³/mol. The van der Waals surface area contributed by atoms with Gasteiger partial charge in [0.15, 0.2) is 0 Å². The molecule has 138 valence electrons. The summed E-state index contributed by atoms with van der Waals surface area (Å²) in [4.78, 5) is 15.9. The monoisotopic (exact) mass is 389 g/mol. The number of rotatable bonds is 5. The Hall–Kier alpha value is -1.87. The number of nitrogens with one attached hydrogen (secondary N) is 1. The number of aryl methyl sites for hydroxylation is 1. The fourth-order valence-electron chi connectivity index (χ4n) is 3.16. The molecule has 1 aromatic heterocycles. The molecule has 0 bridgehead atoms. The number of hydrogen-bond acceptors (Lipinski definition) is 4. The SMILES string of the molecule is CC(C)N1CCc2c(sc(NC(=O)CCc3ccccc3)c2C#N)C1.Cl. The second-order valence-electron chi connectivity index (χ2n) is 6.67. The van der Waals surface area contributed by atoms with Crippen molar-refractivity contribution in [2.45, 2.75) is 45.7 Å². The van der Waals surface area contributed by atoms with E-state index in [1.165, 1.54) is 4.88 Å². The molecule has 0 spiro atoms. The second kappa shape index (κ2) is 9.18. The summed E-state index contributed by atoms with van der Waals surface area (Å²) in [6.07, 6.45) is 2.02. The van der Waals surface area contributed by atoms with Gasteiger partial charge in [-0.15, -0.1) is 23.7 Å². The number of hydrogen-bond donors (Lipinski definition) is 1. The molecule has 1 aliphatic heterocycles. The molecule has 1 aromatic carbocycles. The van der Waals surface area contributed by atoms with Crippen molar-refractivity contribution in [1.82, 2.24) is 4.90 Å². The maximum absolute atomic E-state index is 12.3. The lowest BCUT2D eigenvalue weighted by Gasteiger charge is -2.30. The number of halogens is 1. The Labute approximate surface area is 165 Å². The van der Waals surface area contributed by atoms with Crippen LogP contribution in [0.15, 0.2) is 30.3 Å². The number of benzene rings is 1. The number of nitrogens with zero attached hydrogens (tertiary/aromatic N) is 2. The molecule has 2 heterocycles. The van der Waals surface area contributed by atoms with Gasteiger partial charge in [0.25, 0.3) is 0 Å². The van der Waals surface area contributed by atoms with Gasteiger partial charge in [-0.3, -0.25) is 9.69 Å². The van der Waals surface area contributed by atoms with Crippen LogP contribution < -0.4 is 5.32 Å². The lowest BCUT2D eigenvalue weighted by atomic mass is 10.0. The Morgan fingerprint density at radius 1 is 1.35 bits per heavy atom. The Morgan fingerprint density at radius 2 is 2.08 bits per heavy atom. The first-order valence-corrected chi connectivity index (χ1v) is 9.52. The first-order valence-electron chi connectivity index (χ1n) is 8.71. The average Bonchev–Trinajstić information content (AvgIpc) is 2.96. The number of anilines is 1. The number of carbonyl (C=O) groups is 1. The first-order chi connectivity index (χ1) is 12.1. The van der Waals surface area contributed by atoms with Crippen molar-refractivity contribution in [2.75, 3.05) is 11.9 Å². The zero-order chi connectivity index (χ0) is 17.8. The molecule has 0 fully saturated rings. The van der Waals surface area contributed by atoms with Gasteiger partial charge in [0.1, 0.15) is 11.1 Å². The van der Waals surface area contributed by atoms with Crippen LogP contribution in [-0.4, -0.2) is 23.4 Å².